The molecule has 0 radical (unpaired) electrons. The van der Waals surface area contributed by atoms with E-state index in [0.717, 1.165) is 48.6 Å². The summed E-state index contributed by atoms with van der Waals surface area (Å²) in [7, 11) is 0. The molecule has 1 aromatic carbocycles. The Morgan fingerprint density at radius 3 is 2.66 bits per heavy atom. The van der Waals surface area contributed by atoms with E-state index in [1.165, 1.54) is 42.6 Å². The first kappa shape index (κ1) is 22.4. The van der Waals surface area contributed by atoms with Crippen molar-refractivity contribution in [3.63, 3.8) is 0 Å². The van der Waals surface area contributed by atoms with Crippen molar-refractivity contribution in [1.82, 2.24) is 0 Å². The lowest BCUT2D eigenvalue weighted by Gasteiger charge is -2.30. The number of unbranched alkanes of at least 4 members (excludes halogenated alkanes) is 2. The van der Waals surface area contributed by atoms with E-state index >= 15 is 0 Å². The number of hydrogen-bond donors (Lipinski definition) is 0. The second-order valence-electron chi connectivity index (χ2n) is 8.36. The fourth-order valence-corrected chi connectivity index (χ4v) is 5.32. The molecule has 1 fully saturated rings. The zero-order chi connectivity index (χ0) is 20.7. The Balaban J connectivity index is 1.58. The number of fused-ring (bicyclic) bond motifs is 1. The van der Waals surface area contributed by atoms with Gasteiger partial charge in [-0.3, -0.25) is 0 Å². The van der Waals surface area contributed by atoms with Crippen molar-refractivity contribution in [1.29, 1.82) is 0 Å². The van der Waals surface area contributed by atoms with E-state index in [0.29, 0.717) is 5.92 Å². The van der Waals surface area contributed by atoms with Gasteiger partial charge in [0.15, 0.2) is 0 Å². The first-order valence-corrected chi connectivity index (χ1v) is 12.0. The highest BCUT2D eigenvalue weighted by atomic mass is 32.1. The summed E-state index contributed by atoms with van der Waals surface area (Å²) in [5, 5.41) is 0.877. The fraction of sp³-hybridized carbons (Fsp3) is 0.600. The maximum absolute atomic E-state index is 14.9. The quantitative estimate of drug-likeness (QED) is 0.276. The molecule has 1 nitrogen and oxygen atoms in total. The van der Waals surface area contributed by atoms with E-state index in [2.05, 4.69) is 13.0 Å². The second-order valence-corrected chi connectivity index (χ2v) is 9.45. The normalized spacial score (nSPS) is 20.7. The van der Waals surface area contributed by atoms with Crippen molar-refractivity contribution in [2.75, 3.05) is 0 Å². The summed E-state index contributed by atoms with van der Waals surface area (Å²) in [6, 6.07) is 7.65. The van der Waals surface area contributed by atoms with Crippen LogP contribution >= 0.6 is 11.3 Å². The zero-order valence-electron chi connectivity index (χ0n) is 17.8. The van der Waals surface area contributed by atoms with Crippen LogP contribution in [0.15, 0.2) is 36.4 Å². The van der Waals surface area contributed by atoms with E-state index < -0.39 is 6.11 Å². The van der Waals surface area contributed by atoms with Gasteiger partial charge in [-0.2, -0.15) is 8.78 Å². The van der Waals surface area contributed by atoms with Crippen molar-refractivity contribution < 1.29 is 13.5 Å². The number of halogens is 2. The van der Waals surface area contributed by atoms with E-state index in [9.17, 15) is 8.78 Å². The van der Waals surface area contributed by atoms with Crippen molar-refractivity contribution in [2.24, 2.45) is 5.92 Å². The topological polar surface area (TPSA) is 9.23 Å². The van der Waals surface area contributed by atoms with Crippen LogP contribution in [0, 0.1) is 5.92 Å². The van der Waals surface area contributed by atoms with E-state index in [1.54, 1.807) is 6.07 Å². The zero-order valence-corrected chi connectivity index (χ0v) is 18.6. The summed E-state index contributed by atoms with van der Waals surface area (Å²) >= 11 is 1.17. The van der Waals surface area contributed by atoms with Gasteiger partial charge in [0.05, 0.1) is 6.10 Å². The molecule has 1 saturated carbocycles. The molecular formula is C25H34F2OS. The number of thiophene rings is 1. The maximum Gasteiger partial charge on any atom is 0.392 e. The van der Waals surface area contributed by atoms with Gasteiger partial charge in [-0.1, -0.05) is 56.9 Å². The number of benzene rings is 1. The van der Waals surface area contributed by atoms with Crippen molar-refractivity contribution >= 4 is 21.4 Å². The van der Waals surface area contributed by atoms with Crippen LogP contribution in [-0.4, -0.2) is 6.10 Å². The predicted molar refractivity (Wildman–Crippen MR) is 120 cm³/mol. The lowest BCUT2D eigenvalue weighted by atomic mass is 9.84. The maximum atomic E-state index is 14.9. The first-order valence-electron chi connectivity index (χ1n) is 11.2. The molecule has 1 aromatic heterocycles. The number of allylic oxidation sites excluding steroid dienone is 2. The molecule has 0 unspecified atom stereocenters. The molecule has 0 spiro atoms. The lowest BCUT2D eigenvalue weighted by molar-refractivity contribution is -0.275. The lowest BCUT2D eigenvalue weighted by Crippen LogP contribution is -2.29. The molecule has 0 N–H and O–H groups in total. The average molecular weight is 421 g/mol. The highest BCUT2D eigenvalue weighted by Gasteiger charge is 2.39. The summed E-state index contributed by atoms with van der Waals surface area (Å²) in [6.07, 6.45) is 11.1. The Morgan fingerprint density at radius 2 is 1.93 bits per heavy atom. The molecular weight excluding hydrogens is 386 g/mol. The number of hydrogen-bond acceptors (Lipinski definition) is 2. The third-order valence-electron chi connectivity index (χ3n) is 6.03. The van der Waals surface area contributed by atoms with Crippen molar-refractivity contribution in [2.45, 2.75) is 90.3 Å². The smallest absolute Gasteiger partial charge is 0.313 e. The number of rotatable bonds is 10. The first-order chi connectivity index (χ1) is 14.0. The third-order valence-corrected chi connectivity index (χ3v) is 7.18. The van der Waals surface area contributed by atoms with Gasteiger partial charge in [0.25, 0.3) is 0 Å². The summed E-state index contributed by atoms with van der Waals surface area (Å²) < 4.78 is 36.0. The van der Waals surface area contributed by atoms with Crippen molar-refractivity contribution in [3.05, 3.63) is 46.9 Å². The molecule has 1 aliphatic carbocycles. The summed E-state index contributed by atoms with van der Waals surface area (Å²) in [4.78, 5) is 0.0307. The molecule has 2 aromatic rings. The van der Waals surface area contributed by atoms with E-state index in [1.807, 2.05) is 31.2 Å². The standard InChI is InChI=1S/C25H34F2OS/c1-3-5-7-9-19-12-15-22(16-13-19)28-25(26,27)24-18-21-14-11-20(10-8-6-4-2)17-23(21)29-24/h4,6,11,14,17-19,22H,3,5,7-10,12-13,15-16H2,1-2H3/b6-4+. The van der Waals surface area contributed by atoms with E-state index in [4.69, 9.17) is 4.74 Å². The average Bonchev–Trinajstić information content (AvgIpc) is 3.14. The largest absolute Gasteiger partial charge is 0.392 e. The Bertz CT molecular complexity index is 787. The summed E-state index contributed by atoms with van der Waals surface area (Å²) in [5.74, 6) is 0.695. The fourth-order valence-electron chi connectivity index (χ4n) is 4.28. The summed E-state index contributed by atoms with van der Waals surface area (Å²) in [5.41, 5.74) is 1.19. The van der Waals surface area contributed by atoms with Gasteiger partial charge in [-0.05, 0) is 74.4 Å². The molecule has 4 heteroatoms. The second kappa shape index (κ2) is 10.7. The Hall–Kier alpha value is -1.26. The molecule has 1 heterocycles. The van der Waals surface area contributed by atoms with Gasteiger partial charge in [-0.15, -0.1) is 11.3 Å². The number of alkyl halides is 2. The molecule has 0 bridgehead atoms. The van der Waals surface area contributed by atoms with Crippen LogP contribution in [0.25, 0.3) is 10.1 Å². The van der Waals surface area contributed by atoms with Gasteiger partial charge in [-0.25, -0.2) is 0 Å². The molecule has 160 valence electrons. The minimum absolute atomic E-state index is 0.0307. The van der Waals surface area contributed by atoms with Gasteiger partial charge in [0.2, 0.25) is 0 Å². The van der Waals surface area contributed by atoms with Gasteiger partial charge in [0.1, 0.15) is 4.88 Å². The minimum Gasteiger partial charge on any atom is -0.313 e. The predicted octanol–water partition coefficient (Wildman–Crippen LogP) is 8.62. The van der Waals surface area contributed by atoms with Gasteiger partial charge in [0, 0.05) is 4.70 Å². The molecule has 1 aliphatic rings. The molecule has 0 saturated heterocycles. The van der Waals surface area contributed by atoms with Crippen LogP contribution in [0.3, 0.4) is 0 Å². The van der Waals surface area contributed by atoms with Gasteiger partial charge < -0.3 is 4.74 Å². The molecule has 0 aliphatic heterocycles. The minimum atomic E-state index is -3.20. The van der Waals surface area contributed by atoms with Gasteiger partial charge >= 0.3 is 6.11 Å². The van der Waals surface area contributed by atoms with Crippen LogP contribution in [-0.2, 0) is 17.3 Å². The van der Waals surface area contributed by atoms with Crippen LogP contribution in [0.4, 0.5) is 8.78 Å². The Labute approximate surface area is 178 Å². The van der Waals surface area contributed by atoms with Crippen molar-refractivity contribution in [3.8, 4) is 0 Å². The third kappa shape index (κ3) is 6.36. The van der Waals surface area contributed by atoms with Crippen LogP contribution in [0.5, 0.6) is 0 Å². The number of aryl methyl sites for hydroxylation is 1. The highest BCUT2D eigenvalue weighted by Crippen LogP contribution is 2.41. The van der Waals surface area contributed by atoms with Crippen LogP contribution < -0.4 is 0 Å². The summed E-state index contributed by atoms with van der Waals surface area (Å²) in [6.45, 7) is 4.22. The molecule has 29 heavy (non-hydrogen) atoms. The molecule has 0 amide bonds. The number of ether oxygens (including phenoxy) is 1. The van der Waals surface area contributed by atoms with Crippen LogP contribution in [0.1, 0.15) is 82.1 Å². The van der Waals surface area contributed by atoms with Crippen LogP contribution in [0.2, 0.25) is 0 Å². The molecule has 3 rings (SSSR count). The Morgan fingerprint density at radius 1 is 1.14 bits per heavy atom. The molecule has 0 atom stereocenters. The Kier molecular flexibility index (Phi) is 8.25. The SMILES string of the molecule is C/C=C/CCc1ccc2cc(C(F)(F)OC3CCC(CCCCC)CC3)sc2c1. The monoisotopic (exact) mass is 420 g/mol. The van der Waals surface area contributed by atoms with E-state index in [-0.39, 0.29) is 11.0 Å². The highest BCUT2D eigenvalue weighted by molar-refractivity contribution is 7.19.